The lowest BCUT2D eigenvalue weighted by Crippen LogP contribution is -2.16. The molecule has 0 radical (unpaired) electrons. The number of nitrogens with zero attached hydrogens (tertiary/aromatic N) is 4. The molecule has 0 saturated heterocycles. The van der Waals surface area contributed by atoms with Crippen molar-refractivity contribution in [3.05, 3.63) is 49.1 Å². The van der Waals surface area contributed by atoms with E-state index < -0.39 is 13.0 Å². The maximum atomic E-state index is 12.6. The molecule has 1 N–H and O–H groups in total. The standard InChI is InChI=1S/C24H25F2N5OS/c25-23(26)15-31-14-18(12-29-31)17-8-20(13-27-11-17)32-19-6-7-21-22(9-19)33-24(30-21)28-10-16-4-2-1-3-5-16/h6-9,11-14,16,23H,1-5,10,15H2,(H,28,30). The monoisotopic (exact) mass is 469 g/mol. The number of rotatable bonds is 8. The molecule has 1 saturated carbocycles. The summed E-state index contributed by atoms with van der Waals surface area (Å²) in [6, 6.07) is 7.65. The molecule has 3 heterocycles. The second-order valence-electron chi connectivity index (χ2n) is 8.39. The number of pyridine rings is 1. The van der Waals surface area contributed by atoms with Crippen LogP contribution in [-0.4, -0.2) is 32.7 Å². The molecule has 0 atom stereocenters. The number of hydrogen-bond acceptors (Lipinski definition) is 6. The van der Waals surface area contributed by atoms with E-state index in [4.69, 9.17) is 9.72 Å². The van der Waals surface area contributed by atoms with Crippen molar-refractivity contribution < 1.29 is 13.5 Å². The smallest absolute Gasteiger partial charge is 0.257 e. The zero-order chi connectivity index (χ0) is 22.6. The van der Waals surface area contributed by atoms with Crippen LogP contribution in [-0.2, 0) is 6.54 Å². The molecule has 0 aliphatic heterocycles. The van der Waals surface area contributed by atoms with E-state index in [9.17, 15) is 8.78 Å². The minimum atomic E-state index is -2.45. The van der Waals surface area contributed by atoms with Crippen molar-refractivity contribution in [1.82, 2.24) is 19.7 Å². The number of alkyl halides is 2. The molecule has 0 spiro atoms. The second-order valence-corrected chi connectivity index (χ2v) is 9.42. The minimum Gasteiger partial charge on any atom is -0.456 e. The quantitative estimate of drug-likeness (QED) is 0.315. The fraction of sp³-hybridized carbons (Fsp3) is 0.375. The van der Waals surface area contributed by atoms with Crippen LogP contribution in [0.4, 0.5) is 13.9 Å². The average molecular weight is 470 g/mol. The molecule has 0 amide bonds. The van der Waals surface area contributed by atoms with Gasteiger partial charge in [0.05, 0.1) is 22.6 Å². The van der Waals surface area contributed by atoms with E-state index in [2.05, 4.69) is 15.4 Å². The summed E-state index contributed by atoms with van der Waals surface area (Å²) in [7, 11) is 0. The molecule has 4 aromatic rings. The summed E-state index contributed by atoms with van der Waals surface area (Å²) in [6.07, 6.45) is 10.6. The zero-order valence-electron chi connectivity index (χ0n) is 18.1. The van der Waals surface area contributed by atoms with Crippen LogP contribution in [0.25, 0.3) is 21.3 Å². The molecule has 0 bridgehead atoms. The first-order valence-electron chi connectivity index (χ1n) is 11.2. The summed E-state index contributed by atoms with van der Waals surface area (Å²) in [5.74, 6) is 2.00. The van der Waals surface area contributed by atoms with Crippen LogP contribution >= 0.6 is 11.3 Å². The third kappa shape index (κ3) is 5.47. The molecule has 1 aliphatic rings. The van der Waals surface area contributed by atoms with Crippen molar-refractivity contribution in [1.29, 1.82) is 0 Å². The number of aromatic nitrogens is 4. The first-order chi connectivity index (χ1) is 16.1. The van der Waals surface area contributed by atoms with Gasteiger partial charge in [-0.2, -0.15) is 5.10 Å². The highest BCUT2D eigenvalue weighted by molar-refractivity contribution is 7.22. The largest absolute Gasteiger partial charge is 0.456 e. The fourth-order valence-corrected chi connectivity index (χ4v) is 5.09. The Balaban J connectivity index is 1.27. The van der Waals surface area contributed by atoms with E-state index >= 15 is 0 Å². The van der Waals surface area contributed by atoms with Crippen molar-refractivity contribution >= 4 is 26.7 Å². The third-order valence-corrected chi connectivity index (χ3v) is 6.84. The second kappa shape index (κ2) is 9.82. The molecule has 1 aromatic carbocycles. The van der Waals surface area contributed by atoms with Crippen molar-refractivity contribution in [2.24, 2.45) is 5.92 Å². The summed E-state index contributed by atoms with van der Waals surface area (Å²) in [4.78, 5) is 8.93. The van der Waals surface area contributed by atoms with Crippen molar-refractivity contribution in [2.75, 3.05) is 11.9 Å². The number of nitrogens with one attached hydrogen (secondary N) is 1. The third-order valence-electron chi connectivity index (χ3n) is 5.87. The zero-order valence-corrected chi connectivity index (χ0v) is 18.9. The van der Waals surface area contributed by atoms with Crippen molar-refractivity contribution in [3.8, 4) is 22.6 Å². The highest BCUT2D eigenvalue weighted by Crippen LogP contribution is 2.33. The molecule has 6 nitrogen and oxygen atoms in total. The first-order valence-corrected chi connectivity index (χ1v) is 12.0. The van der Waals surface area contributed by atoms with Gasteiger partial charge in [-0.15, -0.1) is 0 Å². The van der Waals surface area contributed by atoms with E-state index in [0.29, 0.717) is 17.1 Å². The summed E-state index contributed by atoms with van der Waals surface area (Å²) in [5.41, 5.74) is 2.40. The molecule has 9 heteroatoms. The van der Waals surface area contributed by atoms with Crippen LogP contribution in [0, 0.1) is 5.92 Å². The van der Waals surface area contributed by atoms with E-state index in [1.165, 1.54) is 36.8 Å². The number of hydrogen-bond donors (Lipinski definition) is 1. The first kappa shape index (κ1) is 21.8. The van der Waals surface area contributed by atoms with Gasteiger partial charge >= 0.3 is 0 Å². The summed E-state index contributed by atoms with van der Waals surface area (Å²) in [6.45, 7) is 0.547. The van der Waals surface area contributed by atoms with Gasteiger partial charge in [-0.1, -0.05) is 30.6 Å². The summed E-state index contributed by atoms with van der Waals surface area (Å²) >= 11 is 1.63. The van der Waals surface area contributed by atoms with Crippen LogP contribution in [0.2, 0.25) is 0 Å². The maximum absolute atomic E-state index is 12.6. The Labute approximate surface area is 194 Å². The molecule has 0 unspecified atom stereocenters. The Morgan fingerprint density at radius 3 is 2.79 bits per heavy atom. The van der Waals surface area contributed by atoms with E-state index in [1.54, 1.807) is 36.1 Å². The molecule has 1 fully saturated rings. The van der Waals surface area contributed by atoms with Gasteiger partial charge in [-0.3, -0.25) is 9.67 Å². The summed E-state index contributed by atoms with van der Waals surface area (Å²) < 4.78 is 33.5. The van der Waals surface area contributed by atoms with Crippen molar-refractivity contribution in [2.45, 2.75) is 45.1 Å². The number of benzene rings is 1. The van der Waals surface area contributed by atoms with Gasteiger partial charge in [0.2, 0.25) is 0 Å². The predicted octanol–water partition coefficient (Wildman–Crippen LogP) is 6.60. The molecule has 172 valence electrons. The molecule has 1 aliphatic carbocycles. The molecule has 3 aromatic heterocycles. The molecule has 5 rings (SSSR count). The molecular weight excluding hydrogens is 444 g/mol. The van der Waals surface area contributed by atoms with Gasteiger partial charge in [-0.05, 0) is 37.0 Å². The maximum Gasteiger partial charge on any atom is 0.257 e. The average Bonchev–Trinajstić information content (AvgIpc) is 3.44. The number of thiazole rings is 1. The Morgan fingerprint density at radius 1 is 1.06 bits per heavy atom. The lowest BCUT2D eigenvalue weighted by Gasteiger charge is -2.21. The molecule has 33 heavy (non-hydrogen) atoms. The highest BCUT2D eigenvalue weighted by atomic mass is 32.1. The van der Waals surface area contributed by atoms with Gasteiger partial charge in [0.25, 0.3) is 6.43 Å². The number of ether oxygens (including phenoxy) is 1. The van der Waals surface area contributed by atoms with Crippen LogP contribution < -0.4 is 10.1 Å². The topological polar surface area (TPSA) is 64.9 Å². The van der Waals surface area contributed by atoms with Crippen LogP contribution in [0.3, 0.4) is 0 Å². The van der Waals surface area contributed by atoms with Gasteiger partial charge in [0.1, 0.15) is 18.0 Å². The lowest BCUT2D eigenvalue weighted by molar-refractivity contribution is 0.122. The Hall–Kier alpha value is -3.07. The fourth-order valence-electron chi connectivity index (χ4n) is 4.19. The van der Waals surface area contributed by atoms with Crippen molar-refractivity contribution in [3.63, 3.8) is 0 Å². The van der Waals surface area contributed by atoms with Gasteiger partial charge in [0, 0.05) is 36.1 Å². The lowest BCUT2D eigenvalue weighted by atomic mass is 9.89. The minimum absolute atomic E-state index is 0.435. The van der Waals surface area contributed by atoms with Gasteiger partial charge in [0.15, 0.2) is 5.13 Å². The Bertz CT molecular complexity index is 1220. The van der Waals surface area contributed by atoms with Gasteiger partial charge < -0.3 is 10.1 Å². The van der Waals surface area contributed by atoms with Crippen LogP contribution in [0.15, 0.2) is 49.1 Å². The highest BCUT2D eigenvalue weighted by Gasteiger charge is 2.14. The van der Waals surface area contributed by atoms with E-state index in [0.717, 1.165) is 33.4 Å². The number of fused-ring (bicyclic) bond motifs is 1. The number of anilines is 1. The van der Waals surface area contributed by atoms with Crippen LogP contribution in [0.1, 0.15) is 32.1 Å². The normalized spacial score (nSPS) is 14.8. The van der Waals surface area contributed by atoms with E-state index in [1.807, 2.05) is 24.3 Å². The number of halogens is 2. The SMILES string of the molecule is FC(F)Cn1cc(-c2cncc(Oc3ccc4nc(NCC5CCCCC5)sc4c3)c2)cn1. The Morgan fingerprint density at radius 2 is 1.94 bits per heavy atom. The Kier molecular flexibility index (Phi) is 6.48. The van der Waals surface area contributed by atoms with E-state index in [-0.39, 0.29) is 0 Å². The molecular formula is C24H25F2N5OS. The predicted molar refractivity (Wildman–Crippen MR) is 126 cm³/mol. The van der Waals surface area contributed by atoms with Gasteiger partial charge in [-0.25, -0.2) is 13.8 Å². The van der Waals surface area contributed by atoms with Crippen LogP contribution in [0.5, 0.6) is 11.5 Å². The summed E-state index contributed by atoms with van der Waals surface area (Å²) in [5, 5.41) is 8.44.